The summed E-state index contributed by atoms with van der Waals surface area (Å²) in [7, 11) is 0. The highest BCUT2D eigenvalue weighted by atomic mass is 16.3. The molecule has 0 radical (unpaired) electrons. The largest absolute Gasteiger partial charge is 0.393 e. The maximum absolute atomic E-state index is 9.48. The van der Waals surface area contributed by atoms with E-state index in [1.165, 1.54) is 0 Å². The smallest absolute Gasteiger partial charge is 0.0991 e. The summed E-state index contributed by atoms with van der Waals surface area (Å²) in [6.07, 6.45) is 2.84. The molecule has 1 aromatic carbocycles. The van der Waals surface area contributed by atoms with E-state index >= 15 is 0 Å². The number of hydrogen-bond acceptors (Lipinski definition) is 3. The number of nitrogens with two attached hydrogens (primary N) is 1. The van der Waals surface area contributed by atoms with Gasteiger partial charge in [-0.15, -0.1) is 0 Å². The summed E-state index contributed by atoms with van der Waals surface area (Å²) in [6, 6.07) is 9.61. The van der Waals surface area contributed by atoms with Crippen molar-refractivity contribution in [3.63, 3.8) is 0 Å². The topological polar surface area (TPSA) is 70.0 Å². The molecule has 1 aromatic rings. The molecule has 2 rings (SSSR count). The molecule has 0 aromatic heterocycles. The number of nitrogens with zero attached hydrogens (tertiary/aromatic N) is 1. The summed E-state index contributed by atoms with van der Waals surface area (Å²) in [6.45, 7) is 0. The predicted molar refractivity (Wildman–Crippen MR) is 61.5 cm³/mol. The molecule has 0 amide bonds. The van der Waals surface area contributed by atoms with Gasteiger partial charge in [0, 0.05) is 5.54 Å². The van der Waals surface area contributed by atoms with Crippen molar-refractivity contribution in [1.82, 2.24) is 0 Å². The molecule has 0 heterocycles. The first-order valence-corrected chi connectivity index (χ1v) is 5.62. The standard InChI is InChI=1S/C13H16N2O/c14-9-10-2-1-3-11(8-10)13(15)6-4-12(16)5-7-13/h1-3,8,12,16H,4-7,15H2. The lowest BCUT2D eigenvalue weighted by atomic mass is 9.76. The Labute approximate surface area is 95.5 Å². The molecular formula is C13H16N2O. The Morgan fingerprint density at radius 1 is 1.38 bits per heavy atom. The average molecular weight is 216 g/mol. The van der Waals surface area contributed by atoms with Crippen LogP contribution >= 0.6 is 0 Å². The first-order valence-electron chi connectivity index (χ1n) is 5.62. The lowest BCUT2D eigenvalue weighted by Gasteiger charge is -2.36. The Morgan fingerprint density at radius 3 is 2.69 bits per heavy atom. The van der Waals surface area contributed by atoms with Gasteiger partial charge >= 0.3 is 0 Å². The second-order valence-electron chi connectivity index (χ2n) is 4.58. The van der Waals surface area contributed by atoms with Gasteiger partial charge < -0.3 is 10.8 Å². The van der Waals surface area contributed by atoms with Crippen LogP contribution in [-0.4, -0.2) is 11.2 Å². The van der Waals surface area contributed by atoms with E-state index in [4.69, 9.17) is 11.0 Å². The molecular weight excluding hydrogens is 200 g/mol. The molecule has 84 valence electrons. The maximum atomic E-state index is 9.48. The third-order valence-electron chi connectivity index (χ3n) is 3.41. The highest BCUT2D eigenvalue weighted by Gasteiger charge is 2.32. The Bertz CT molecular complexity index is 414. The molecule has 1 saturated carbocycles. The van der Waals surface area contributed by atoms with Crippen LogP contribution < -0.4 is 5.73 Å². The van der Waals surface area contributed by atoms with Crippen LogP contribution in [0, 0.1) is 11.3 Å². The minimum Gasteiger partial charge on any atom is -0.393 e. The first kappa shape index (κ1) is 11.1. The zero-order valence-electron chi connectivity index (χ0n) is 9.19. The Kier molecular flexibility index (Phi) is 2.95. The molecule has 3 N–H and O–H groups in total. The van der Waals surface area contributed by atoms with Crippen molar-refractivity contribution in [1.29, 1.82) is 5.26 Å². The lowest BCUT2D eigenvalue weighted by molar-refractivity contribution is 0.0969. The van der Waals surface area contributed by atoms with Crippen molar-refractivity contribution in [3.05, 3.63) is 35.4 Å². The van der Waals surface area contributed by atoms with E-state index in [0.29, 0.717) is 5.56 Å². The Balaban J connectivity index is 2.26. The summed E-state index contributed by atoms with van der Waals surface area (Å²) in [5.41, 5.74) is 7.64. The van der Waals surface area contributed by atoms with Crippen LogP contribution in [0.2, 0.25) is 0 Å². The maximum Gasteiger partial charge on any atom is 0.0991 e. The second kappa shape index (κ2) is 4.25. The minimum absolute atomic E-state index is 0.212. The van der Waals surface area contributed by atoms with Gasteiger partial charge in [-0.05, 0) is 43.4 Å². The van der Waals surface area contributed by atoms with Gasteiger partial charge in [0.05, 0.1) is 17.7 Å². The SMILES string of the molecule is N#Cc1cccc(C2(N)CCC(O)CC2)c1. The number of hydrogen-bond donors (Lipinski definition) is 2. The number of benzene rings is 1. The summed E-state index contributed by atoms with van der Waals surface area (Å²) < 4.78 is 0. The lowest BCUT2D eigenvalue weighted by Crippen LogP contribution is -2.41. The van der Waals surface area contributed by atoms with Crippen molar-refractivity contribution in [3.8, 4) is 6.07 Å². The van der Waals surface area contributed by atoms with Crippen LogP contribution in [0.25, 0.3) is 0 Å². The van der Waals surface area contributed by atoms with E-state index in [2.05, 4.69) is 6.07 Å². The molecule has 16 heavy (non-hydrogen) atoms. The van der Waals surface area contributed by atoms with Crippen molar-refractivity contribution in [2.24, 2.45) is 5.73 Å². The van der Waals surface area contributed by atoms with Gasteiger partial charge in [0.2, 0.25) is 0 Å². The molecule has 1 aliphatic rings. The highest BCUT2D eigenvalue weighted by molar-refractivity contribution is 5.36. The molecule has 0 spiro atoms. The zero-order valence-corrected chi connectivity index (χ0v) is 9.19. The van der Waals surface area contributed by atoms with Gasteiger partial charge in [0.1, 0.15) is 0 Å². The van der Waals surface area contributed by atoms with Gasteiger partial charge in [-0.25, -0.2) is 0 Å². The van der Waals surface area contributed by atoms with Gasteiger partial charge in [0.15, 0.2) is 0 Å². The van der Waals surface area contributed by atoms with E-state index in [1.54, 1.807) is 6.07 Å². The molecule has 3 heteroatoms. The Morgan fingerprint density at radius 2 is 2.06 bits per heavy atom. The molecule has 0 atom stereocenters. The van der Waals surface area contributed by atoms with Gasteiger partial charge in [-0.2, -0.15) is 5.26 Å². The van der Waals surface area contributed by atoms with Crippen LogP contribution in [0.15, 0.2) is 24.3 Å². The van der Waals surface area contributed by atoms with E-state index in [-0.39, 0.29) is 11.6 Å². The predicted octanol–water partition coefficient (Wildman–Crippen LogP) is 1.65. The molecule has 1 aliphatic carbocycles. The summed E-state index contributed by atoms with van der Waals surface area (Å²) >= 11 is 0. The van der Waals surface area contributed by atoms with Gasteiger partial charge in [-0.1, -0.05) is 12.1 Å². The van der Waals surface area contributed by atoms with E-state index in [9.17, 15) is 5.11 Å². The Hall–Kier alpha value is -1.37. The third-order valence-corrected chi connectivity index (χ3v) is 3.41. The zero-order chi connectivity index (χ0) is 11.6. The van der Waals surface area contributed by atoms with Crippen LogP contribution in [-0.2, 0) is 5.54 Å². The van der Waals surface area contributed by atoms with Gasteiger partial charge in [0.25, 0.3) is 0 Å². The van der Waals surface area contributed by atoms with Crippen molar-refractivity contribution in [2.45, 2.75) is 37.3 Å². The molecule has 0 saturated heterocycles. The molecule has 0 bridgehead atoms. The number of rotatable bonds is 1. The number of aliphatic hydroxyl groups is 1. The summed E-state index contributed by atoms with van der Waals surface area (Å²) in [5, 5.41) is 18.3. The van der Waals surface area contributed by atoms with Crippen LogP contribution in [0.1, 0.15) is 36.8 Å². The molecule has 1 fully saturated rings. The summed E-state index contributed by atoms with van der Waals surface area (Å²) in [4.78, 5) is 0. The summed E-state index contributed by atoms with van der Waals surface area (Å²) in [5.74, 6) is 0. The fourth-order valence-electron chi connectivity index (χ4n) is 2.30. The fourth-order valence-corrected chi connectivity index (χ4v) is 2.30. The van der Waals surface area contributed by atoms with E-state index in [0.717, 1.165) is 31.2 Å². The first-order chi connectivity index (χ1) is 7.64. The minimum atomic E-state index is -0.369. The van der Waals surface area contributed by atoms with E-state index in [1.807, 2.05) is 18.2 Å². The molecule has 3 nitrogen and oxygen atoms in total. The van der Waals surface area contributed by atoms with Gasteiger partial charge in [-0.3, -0.25) is 0 Å². The monoisotopic (exact) mass is 216 g/mol. The number of aliphatic hydroxyl groups excluding tert-OH is 1. The average Bonchev–Trinajstić information content (AvgIpc) is 2.33. The second-order valence-corrected chi connectivity index (χ2v) is 4.58. The fraction of sp³-hybridized carbons (Fsp3) is 0.462. The van der Waals surface area contributed by atoms with Crippen LogP contribution in [0.5, 0.6) is 0 Å². The van der Waals surface area contributed by atoms with Crippen molar-refractivity contribution >= 4 is 0 Å². The number of nitriles is 1. The third kappa shape index (κ3) is 2.08. The van der Waals surface area contributed by atoms with E-state index < -0.39 is 0 Å². The normalized spacial score (nSPS) is 29.7. The molecule has 0 unspecified atom stereocenters. The van der Waals surface area contributed by atoms with Crippen LogP contribution in [0.3, 0.4) is 0 Å². The van der Waals surface area contributed by atoms with Crippen molar-refractivity contribution < 1.29 is 5.11 Å². The molecule has 0 aliphatic heterocycles. The quantitative estimate of drug-likeness (QED) is 0.749. The van der Waals surface area contributed by atoms with Crippen molar-refractivity contribution in [2.75, 3.05) is 0 Å². The van der Waals surface area contributed by atoms with Crippen LogP contribution in [0.4, 0.5) is 0 Å². The highest BCUT2D eigenvalue weighted by Crippen LogP contribution is 2.35.